The highest BCUT2D eigenvalue weighted by Gasteiger charge is 2.49. The molecule has 1 saturated heterocycles. The Bertz CT molecular complexity index is 1010. The van der Waals surface area contributed by atoms with E-state index in [1.807, 2.05) is 0 Å². The number of carbonyl (C=O) groups excluding carboxylic acids is 2. The average Bonchev–Trinajstić information content (AvgIpc) is 3.03. The zero-order valence-corrected chi connectivity index (χ0v) is 16.6. The van der Waals surface area contributed by atoms with E-state index >= 15 is 0 Å². The summed E-state index contributed by atoms with van der Waals surface area (Å²) in [6.07, 6.45) is -1.68. The van der Waals surface area contributed by atoms with Gasteiger partial charge in [-0.05, 0) is 56.0 Å². The van der Waals surface area contributed by atoms with E-state index in [4.69, 9.17) is 0 Å². The van der Waals surface area contributed by atoms with Gasteiger partial charge in [0.05, 0.1) is 5.41 Å². The van der Waals surface area contributed by atoms with Gasteiger partial charge in [-0.25, -0.2) is 9.37 Å². The first kappa shape index (κ1) is 21.3. The molecule has 4 rings (SSSR count). The molecule has 1 aromatic heterocycles. The minimum absolute atomic E-state index is 0.103. The van der Waals surface area contributed by atoms with E-state index in [9.17, 15) is 27.2 Å². The van der Waals surface area contributed by atoms with Crippen molar-refractivity contribution < 1.29 is 27.2 Å². The van der Waals surface area contributed by atoms with Crippen LogP contribution in [0.2, 0.25) is 0 Å². The molecule has 2 amide bonds. The van der Waals surface area contributed by atoms with E-state index in [0.717, 1.165) is 12.1 Å². The van der Waals surface area contributed by atoms with Crippen LogP contribution in [0.4, 0.5) is 23.2 Å². The standard InChI is InChI=1S/C22H21F4N3O2/c23-14-4-1-6-16(12-14)29-11-10-21(20(29)31)9-3-5-15(13-21)27-19(30)17-7-2-8-18(28-17)22(24,25)26/h1-2,4,6-8,12,15H,3,5,9-11,13H2,(H,27,30). The maximum Gasteiger partial charge on any atom is 0.433 e. The van der Waals surface area contributed by atoms with Crippen molar-refractivity contribution in [2.45, 2.75) is 44.3 Å². The van der Waals surface area contributed by atoms with Crippen molar-refractivity contribution in [1.82, 2.24) is 10.3 Å². The van der Waals surface area contributed by atoms with Gasteiger partial charge in [0.25, 0.3) is 5.91 Å². The molecule has 9 heteroatoms. The Kier molecular flexibility index (Phi) is 5.45. The van der Waals surface area contributed by atoms with Gasteiger partial charge in [-0.3, -0.25) is 9.59 Å². The molecular formula is C22H21F4N3O2. The Morgan fingerprint density at radius 3 is 2.68 bits per heavy atom. The maximum absolute atomic E-state index is 13.6. The Hall–Kier alpha value is -2.97. The fraction of sp³-hybridized carbons (Fsp3) is 0.409. The van der Waals surface area contributed by atoms with Crippen LogP contribution in [0.15, 0.2) is 42.5 Å². The number of hydrogen-bond donors (Lipinski definition) is 1. The molecule has 2 atom stereocenters. The molecule has 31 heavy (non-hydrogen) atoms. The Labute approximate surface area is 176 Å². The molecule has 1 spiro atoms. The number of benzene rings is 1. The Morgan fingerprint density at radius 1 is 1.16 bits per heavy atom. The van der Waals surface area contributed by atoms with Crippen LogP contribution in [0.5, 0.6) is 0 Å². The molecule has 2 unspecified atom stereocenters. The summed E-state index contributed by atoms with van der Waals surface area (Å²) in [5.41, 5.74) is -1.60. The number of amides is 2. The van der Waals surface area contributed by atoms with Crippen LogP contribution in [0, 0.1) is 11.2 Å². The van der Waals surface area contributed by atoms with Gasteiger partial charge in [0.1, 0.15) is 17.2 Å². The third kappa shape index (κ3) is 4.26. The van der Waals surface area contributed by atoms with E-state index in [1.54, 1.807) is 17.0 Å². The molecule has 1 aromatic carbocycles. The molecule has 1 N–H and O–H groups in total. The molecule has 1 aliphatic heterocycles. The highest BCUT2D eigenvalue weighted by molar-refractivity contribution is 6.00. The van der Waals surface area contributed by atoms with Crippen molar-refractivity contribution in [3.05, 3.63) is 59.7 Å². The Morgan fingerprint density at radius 2 is 1.94 bits per heavy atom. The quantitative estimate of drug-likeness (QED) is 0.730. The van der Waals surface area contributed by atoms with Crippen LogP contribution in [0.1, 0.15) is 48.3 Å². The van der Waals surface area contributed by atoms with Crippen molar-refractivity contribution >= 4 is 17.5 Å². The van der Waals surface area contributed by atoms with Gasteiger partial charge in [0.15, 0.2) is 0 Å². The first-order valence-electron chi connectivity index (χ1n) is 10.1. The summed E-state index contributed by atoms with van der Waals surface area (Å²) in [7, 11) is 0. The fourth-order valence-corrected chi connectivity index (χ4v) is 4.60. The largest absolute Gasteiger partial charge is 0.433 e. The number of nitrogens with one attached hydrogen (secondary N) is 1. The molecule has 1 aliphatic carbocycles. The van der Waals surface area contributed by atoms with E-state index in [-0.39, 0.29) is 17.6 Å². The van der Waals surface area contributed by atoms with Crippen molar-refractivity contribution in [2.24, 2.45) is 5.41 Å². The second-order valence-corrected chi connectivity index (χ2v) is 8.14. The van der Waals surface area contributed by atoms with E-state index in [2.05, 4.69) is 10.3 Å². The zero-order chi connectivity index (χ0) is 22.2. The number of rotatable bonds is 3. The third-order valence-corrected chi connectivity index (χ3v) is 6.09. The summed E-state index contributed by atoms with van der Waals surface area (Å²) in [6.45, 7) is 0.456. The molecular weight excluding hydrogens is 414 g/mol. The smallest absolute Gasteiger partial charge is 0.348 e. The van der Waals surface area contributed by atoms with Crippen LogP contribution in [-0.2, 0) is 11.0 Å². The lowest BCUT2D eigenvalue weighted by Gasteiger charge is -2.36. The molecule has 1 saturated carbocycles. The second-order valence-electron chi connectivity index (χ2n) is 8.14. The lowest BCUT2D eigenvalue weighted by molar-refractivity contribution is -0.141. The van der Waals surface area contributed by atoms with Crippen LogP contribution in [0.3, 0.4) is 0 Å². The lowest BCUT2D eigenvalue weighted by Crippen LogP contribution is -2.46. The SMILES string of the molecule is O=C(NC1CCCC2(CCN(c3cccc(F)c3)C2=O)C1)c1cccc(C(F)(F)F)n1. The van der Waals surface area contributed by atoms with Crippen molar-refractivity contribution in [3.8, 4) is 0 Å². The number of anilines is 1. The molecule has 2 aliphatic rings. The van der Waals surface area contributed by atoms with E-state index in [0.29, 0.717) is 44.3 Å². The number of pyridine rings is 1. The second kappa shape index (κ2) is 7.94. The summed E-state index contributed by atoms with van der Waals surface area (Å²) in [5, 5.41) is 2.75. The van der Waals surface area contributed by atoms with Gasteiger partial charge in [-0.1, -0.05) is 18.6 Å². The monoisotopic (exact) mass is 435 g/mol. The van der Waals surface area contributed by atoms with Gasteiger partial charge in [-0.2, -0.15) is 13.2 Å². The van der Waals surface area contributed by atoms with Crippen molar-refractivity contribution in [1.29, 1.82) is 0 Å². The van der Waals surface area contributed by atoms with E-state index < -0.39 is 29.0 Å². The summed E-state index contributed by atoms with van der Waals surface area (Å²) in [5.74, 6) is -1.22. The normalized spacial score (nSPS) is 23.9. The number of aromatic nitrogens is 1. The molecule has 164 valence electrons. The summed E-state index contributed by atoms with van der Waals surface area (Å²) in [6, 6.07) is 8.70. The van der Waals surface area contributed by atoms with E-state index in [1.165, 1.54) is 18.2 Å². The summed E-state index contributed by atoms with van der Waals surface area (Å²) >= 11 is 0. The first-order chi connectivity index (χ1) is 14.7. The number of alkyl halides is 3. The van der Waals surface area contributed by atoms with Crippen molar-refractivity contribution in [2.75, 3.05) is 11.4 Å². The summed E-state index contributed by atoms with van der Waals surface area (Å²) in [4.78, 5) is 30.7. The molecule has 2 heterocycles. The average molecular weight is 435 g/mol. The summed E-state index contributed by atoms with van der Waals surface area (Å²) < 4.78 is 52.2. The maximum atomic E-state index is 13.6. The number of nitrogens with zero attached hydrogens (tertiary/aromatic N) is 2. The fourth-order valence-electron chi connectivity index (χ4n) is 4.60. The van der Waals surface area contributed by atoms with Crippen LogP contribution in [0.25, 0.3) is 0 Å². The van der Waals surface area contributed by atoms with Gasteiger partial charge < -0.3 is 10.2 Å². The molecule has 2 fully saturated rings. The predicted octanol–water partition coefficient (Wildman–Crippen LogP) is 4.34. The number of halogens is 4. The van der Waals surface area contributed by atoms with Gasteiger partial charge in [-0.15, -0.1) is 0 Å². The van der Waals surface area contributed by atoms with Crippen molar-refractivity contribution in [3.63, 3.8) is 0 Å². The zero-order valence-electron chi connectivity index (χ0n) is 16.6. The number of hydrogen-bond acceptors (Lipinski definition) is 3. The highest BCUT2D eigenvalue weighted by Crippen LogP contribution is 2.46. The first-order valence-corrected chi connectivity index (χ1v) is 10.1. The minimum atomic E-state index is -4.64. The van der Waals surface area contributed by atoms with Gasteiger partial charge in [0.2, 0.25) is 5.91 Å². The molecule has 0 radical (unpaired) electrons. The lowest BCUT2D eigenvalue weighted by atomic mass is 9.71. The van der Waals surface area contributed by atoms with Crippen LogP contribution < -0.4 is 10.2 Å². The van der Waals surface area contributed by atoms with Gasteiger partial charge >= 0.3 is 6.18 Å². The highest BCUT2D eigenvalue weighted by atomic mass is 19.4. The third-order valence-electron chi connectivity index (χ3n) is 6.09. The topological polar surface area (TPSA) is 62.3 Å². The molecule has 5 nitrogen and oxygen atoms in total. The predicted molar refractivity (Wildman–Crippen MR) is 105 cm³/mol. The molecule has 0 bridgehead atoms. The minimum Gasteiger partial charge on any atom is -0.348 e. The van der Waals surface area contributed by atoms with Crippen LogP contribution >= 0.6 is 0 Å². The molecule has 2 aromatic rings. The Balaban J connectivity index is 1.47. The van der Waals surface area contributed by atoms with Crippen LogP contribution in [-0.4, -0.2) is 29.4 Å². The number of carbonyl (C=O) groups is 2. The van der Waals surface area contributed by atoms with Gasteiger partial charge in [0, 0.05) is 18.3 Å².